The Bertz CT molecular complexity index is 1130. The van der Waals surface area contributed by atoms with Gasteiger partial charge in [-0.15, -0.1) is 0 Å². The molecule has 2 aliphatic heterocycles. The first kappa shape index (κ1) is 38.7. The van der Waals surface area contributed by atoms with Gasteiger partial charge in [-0.25, -0.2) is 4.79 Å². The lowest BCUT2D eigenvalue weighted by Gasteiger charge is -2.51. The number of rotatable bonds is 12. The molecule has 276 valence electrons. The molecule has 3 fully saturated rings. The summed E-state index contributed by atoms with van der Waals surface area (Å²) in [5.74, 6) is -0.118. The largest absolute Gasteiger partial charge is 0.492 e. The molecule has 16 heteroatoms. The Hall–Kier alpha value is -2.12. The third-order valence-corrected chi connectivity index (χ3v) is 9.52. The Morgan fingerprint density at radius 2 is 1.88 bits per heavy atom. The Kier molecular flexibility index (Phi) is 12.8. The maximum atomic E-state index is 13.0. The second-order valence-corrected chi connectivity index (χ2v) is 15.1. The number of aliphatic hydroxyl groups is 4. The van der Waals surface area contributed by atoms with Gasteiger partial charge in [-0.3, -0.25) is 4.79 Å². The fourth-order valence-corrected chi connectivity index (χ4v) is 6.85. The van der Waals surface area contributed by atoms with Crippen molar-refractivity contribution in [3.8, 4) is 0 Å². The van der Waals surface area contributed by atoms with E-state index in [1.54, 1.807) is 20.8 Å². The molecule has 16 nitrogen and oxygen atoms in total. The highest BCUT2D eigenvalue weighted by molar-refractivity contribution is 5.80. The highest BCUT2D eigenvalue weighted by Gasteiger charge is 2.55. The maximum Gasteiger partial charge on any atom is 0.410 e. The maximum absolute atomic E-state index is 13.0. The zero-order valence-electron chi connectivity index (χ0n) is 28.8. The number of nitrogens with zero attached hydrogens (tertiary/aromatic N) is 1. The molecule has 2 heterocycles. The van der Waals surface area contributed by atoms with Gasteiger partial charge in [-0.2, -0.15) is 0 Å². The third-order valence-electron chi connectivity index (χ3n) is 9.52. The van der Waals surface area contributed by atoms with Crippen LogP contribution in [0.2, 0.25) is 0 Å². The van der Waals surface area contributed by atoms with Gasteiger partial charge in [0.05, 0.1) is 31.3 Å². The molecule has 0 aromatic carbocycles. The first-order valence-corrected chi connectivity index (χ1v) is 17.0. The molecule has 4 aliphatic rings. The van der Waals surface area contributed by atoms with Gasteiger partial charge in [0.15, 0.2) is 6.29 Å². The van der Waals surface area contributed by atoms with Crippen molar-refractivity contribution < 1.29 is 49.0 Å². The number of nitrogens with one attached hydrogen (secondary N) is 2. The van der Waals surface area contributed by atoms with Gasteiger partial charge in [0, 0.05) is 25.0 Å². The molecule has 0 radical (unpaired) electrons. The van der Waals surface area contributed by atoms with E-state index in [-0.39, 0.29) is 26.0 Å². The molecule has 2 saturated carbocycles. The molecule has 12 atom stereocenters. The number of carbonyl (C=O) groups excluding carboxylic acids is 2. The number of hydrogen-bond donors (Lipinski definition) is 9. The molecule has 2 amide bonds. The first-order valence-electron chi connectivity index (χ1n) is 17.0. The highest BCUT2D eigenvalue weighted by Crippen LogP contribution is 2.37. The SMILES string of the molecule is CN(C(=O)OC(C)(C)C)[C@@H]1[C@@H](O)[C@@H](O[C@@H]2[C@@H](O)[C@H](C3OC(CNCC4CC4)=CC[C@H]3N)[C@@H](N)C[C@H]2NC(=O)[C@@H](O)CCN)OC[C@]1(C)O. The van der Waals surface area contributed by atoms with Gasteiger partial charge in [0.25, 0.3) is 0 Å². The van der Waals surface area contributed by atoms with Crippen molar-refractivity contribution in [2.45, 2.75) is 132 Å². The quantitative estimate of drug-likeness (QED) is 0.107. The van der Waals surface area contributed by atoms with E-state index in [0.717, 1.165) is 11.4 Å². The van der Waals surface area contributed by atoms with E-state index in [0.29, 0.717) is 24.6 Å². The number of amides is 2. The predicted molar refractivity (Wildman–Crippen MR) is 174 cm³/mol. The second-order valence-electron chi connectivity index (χ2n) is 15.1. The zero-order valence-corrected chi connectivity index (χ0v) is 28.8. The lowest BCUT2D eigenvalue weighted by molar-refractivity contribution is -0.305. The van der Waals surface area contributed by atoms with Crippen LogP contribution >= 0.6 is 0 Å². The number of likely N-dealkylation sites (N-methyl/N-ethyl adjacent to an activating group) is 1. The summed E-state index contributed by atoms with van der Waals surface area (Å²) in [5.41, 5.74) is 16.2. The summed E-state index contributed by atoms with van der Waals surface area (Å²) < 4.78 is 23.9. The minimum atomic E-state index is -1.71. The molecule has 1 saturated heterocycles. The van der Waals surface area contributed by atoms with Crippen LogP contribution in [-0.2, 0) is 23.7 Å². The average molecular weight is 687 g/mol. The Balaban J connectivity index is 1.57. The Morgan fingerprint density at radius 3 is 2.50 bits per heavy atom. The molecular formula is C32H58N6O10. The van der Waals surface area contributed by atoms with Crippen LogP contribution in [0, 0.1) is 11.8 Å². The van der Waals surface area contributed by atoms with Gasteiger partial charge in [0.2, 0.25) is 5.91 Å². The van der Waals surface area contributed by atoms with Crippen LogP contribution in [0.15, 0.2) is 11.8 Å². The minimum Gasteiger partial charge on any atom is -0.492 e. The third kappa shape index (κ3) is 9.56. The molecule has 0 aromatic rings. The molecule has 0 bridgehead atoms. The fraction of sp³-hybridized carbons (Fsp3) is 0.875. The van der Waals surface area contributed by atoms with Crippen molar-refractivity contribution in [1.82, 2.24) is 15.5 Å². The summed E-state index contributed by atoms with van der Waals surface area (Å²) in [6, 6.07) is -3.40. The molecule has 2 aliphatic carbocycles. The standard InChI is InChI=1S/C32H58N6O10/c1-31(2,3)48-30(43)38(5)27-24(41)29(45-15-32(27,4)44)47-26-20(37-28(42)21(39)10-11-33)12-19(35)22(23(26)40)25-18(34)9-8-17(46-25)14-36-13-16-6-7-16/h8,16,18-27,29,36,39-41,44H,6-7,9-15,33-35H2,1-5H3,(H,37,42)/t18-,19+,20-,21+,22-,23+,24-,25?,26+,27-,29-,32+/m1/s1. The second kappa shape index (κ2) is 15.8. The summed E-state index contributed by atoms with van der Waals surface area (Å²) in [4.78, 5) is 27.0. The molecule has 48 heavy (non-hydrogen) atoms. The summed E-state index contributed by atoms with van der Waals surface area (Å²) in [5, 5.41) is 51.1. The summed E-state index contributed by atoms with van der Waals surface area (Å²) in [7, 11) is 1.39. The topological polar surface area (TPSA) is 257 Å². The average Bonchev–Trinajstić information content (AvgIpc) is 3.81. The predicted octanol–water partition coefficient (Wildman–Crippen LogP) is -2.02. The number of nitrogens with two attached hydrogens (primary N) is 3. The molecular weight excluding hydrogens is 628 g/mol. The van der Waals surface area contributed by atoms with E-state index in [4.69, 9.17) is 36.1 Å². The molecule has 1 unspecified atom stereocenters. The van der Waals surface area contributed by atoms with E-state index in [2.05, 4.69) is 10.6 Å². The van der Waals surface area contributed by atoms with Crippen LogP contribution in [0.25, 0.3) is 0 Å². The summed E-state index contributed by atoms with van der Waals surface area (Å²) in [6.07, 6.45) is -3.66. The van der Waals surface area contributed by atoms with Crippen LogP contribution < -0.4 is 27.8 Å². The van der Waals surface area contributed by atoms with Crippen molar-refractivity contribution in [3.63, 3.8) is 0 Å². The van der Waals surface area contributed by atoms with E-state index in [9.17, 15) is 30.0 Å². The first-order chi connectivity index (χ1) is 22.4. The van der Waals surface area contributed by atoms with Gasteiger partial charge in [0.1, 0.15) is 41.4 Å². The smallest absolute Gasteiger partial charge is 0.410 e. The summed E-state index contributed by atoms with van der Waals surface area (Å²) >= 11 is 0. The summed E-state index contributed by atoms with van der Waals surface area (Å²) in [6.45, 7) is 7.61. The van der Waals surface area contributed by atoms with Crippen molar-refractivity contribution in [2.75, 3.05) is 33.3 Å². The van der Waals surface area contributed by atoms with Gasteiger partial charge < -0.3 is 72.1 Å². The Labute approximate surface area is 282 Å². The normalized spacial score (nSPS) is 38.0. The molecule has 4 rings (SSSR count). The highest BCUT2D eigenvalue weighted by atomic mass is 16.7. The molecule has 0 spiro atoms. The number of aliphatic hydroxyl groups excluding tert-OH is 3. The Morgan fingerprint density at radius 1 is 1.19 bits per heavy atom. The monoisotopic (exact) mass is 686 g/mol. The number of hydrogen-bond acceptors (Lipinski definition) is 14. The van der Waals surface area contributed by atoms with E-state index >= 15 is 0 Å². The lowest BCUT2D eigenvalue weighted by Crippen LogP contribution is -2.70. The van der Waals surface area contributed by atoms with Crippen molar-refractivity contribution >= 4 is 12.0 Å². The number of carbonyl (C=O) groups is 2. The molecule has 0 aromatic heterocycles. The van der Waals surface area contributed by atoms with E-state index in [1.807, 2.05) is 6.08 Å². The van der Waals surface area contributed by atoms with Crippen molar-refractivity contribution in [1.29, 1.82) is 0 Å². The van der Waals surface area contributed by atoms with Crippen molar-refractivity contribution in [3.05, 3.63) is 11.8 Å². The van der Waals surface area contributed by atoms with Crippen LogP contribution in [0.4, 0.5) is 4.79 Å². The fourth-order valence-electron chi connectivity index (χ4n) is 6.85. The van der Waals surface area contributed by atoms with E-state index in [1.165, 1.54) is 26.8 Å². The van der Waals surface area contributed by atoms with Crippen LogP contribution in [-0.4, -0.2) is 143 Å². The van der Waals surface area contributed by atoms with Crippen molar-refractivity contribution in [2.24, 2.45) is 29.0 Å². The van der Waals surface area contributed by atoms with Crippen LogP contribution in [0.3, 0.4) is 0 Å². The molecule has 12 N–H and O–H groups in total. The van der Waals surface area contributed by atoms with Gasteiger partial charge in [-0.05, 0) is 84.9 Å². The van der Waals surface area contributed by atoms with Gasteiger partial charge >= 0.3 is 6.09 Å². The minimum absolute atomic E-state index is 0.00812. The van der Waals surface area contributed by atoms with Crippen LogP contribution in [0.5, 0.6) is 0 Å². The zero-order chi connectivity index (χ0) is 35.6. The van der Waals surface area contributed by atoms with Gasteiger partial charge in [-0.1, -0.05) is 0 Å². The van der Waals surface area contributed by atoms with Crippen LogP contribution in [0.1, 0.15) is 59.8 Å². The number of ether oxygens (including phenoxy) is 4. The lowest BCUT2D eigenvalue weighted by atomic mass is 9.72. The van der Waals surface area contributed by atoms with E-state index < -0.39 is 90.1 Å².